The van der Waals surface area contributed by atoms with Crippen molar-refractivity contribution in [1.29, 1.82) is 0 Å². The smallest absolute Gasteiger partial charge is 0.377 e. The lowest BCUT2D eigenvalue weighted by Crippen LogP contribution is -2.24. The highest BCUT2D eigenvalue weighted by molar-refractivity contribution is 7.63. The van der Waals surface area contributed by atoms with Crippen LogP contribution in [-0.4, -0.2) is 17.5 Å². The molecule has 0 radical (unpaired) electrons. The van der Waals surface area contributed by atoms with Gasteiger partial charge in [-0.1, -0.05) is 4.21 Å². The van der Waals surface area contributed by atoms with Crippen molar-refractivity contribution >= 4 is 34.9 Å². The van der Waals surface area contributed by atoms with E-state index in [1.165, 1.54) is 18.4 Å². The van der Waals surface area contributed by atoms with Crippen LogP contribution < -0.4 is 4.57 Å². The number of hydrogen-bond acceptors (Lipinski definition) is 4. The Morgan fingerprint density at radius 2 is 2.43 bits per heavy atom. The van der Waals surface area contributed by atoms with Crippen molar-refractivity contribution < 1.29 is 14.1 Å². The second kappa shape index (κ2) is 3.21. The molecule has 0 aliphatic carbocycles. The molecule has 0 atom stereocenters. The highest BCUT2D eigenvalue weighted by Crippen LogP contribution is 2.21. The van der Waals surface area contributed by atoms with Crippen molar-refractivity contribution in [2.45, 2.75) is 4.21 Å². The summed E-state index contributed by atoms with van der Waals surface area (Å²) in [5.41, 5.74) is 0.433. The van der Waals surface area contributed by atoms with Crippen LogP contribution in [0, 0.1) is 0 Å². The van der Waals surface area contributed by atoms with E-state index in [4.69, 9.17) is 12.6 Å². The lowest BCUT2D eigenvalue weighted by molar-refractivity contribution is -0.642. The van der Waals surface area contributed by atoms with E-state index in [9.17, 15) is 4.79 Å². The van der Waals surface area contributed by atoms with Crippen LogP contribution in [0.2, 0.25) is 0 Å². The van der Waals surface area contributed by atoms with E-state index in [-0.39, 0.29) is 0 Å². The summed E-state index contributed by atoms with van der Waals surface area (Å²) in [5.74, 6) is -0.391. The molecule has 0 aliphatic rings. The minimum atomic E-state index is -0.391. The molecule has 74 valence electrons. The Bertz CT molecular complexity index is 501. The summed E-state index contributed by atoms with van der Waals surface area (Å²) in [6.45, 7) is 0. The number of fused-ring (bicyclic) bond motifs is 1. The Morgan fingerprint density at radius 3 is 3.07 bits per heavy atom. The minimum absolute atomic E-state index is 0.391. The second-order valence-corrected chi connectivity index (χ2v) is 4.44. The molecule has 4 nitrogen and oxygen atoms in total. The maximum atomic E-state index is 11.4. The van der Waals surface area contributed by atoms with Gasteiger partial charge in [0.2, 0.25) is 5.69 Å². The molecule has 0 unspecified atom stereocenters. The molecule has 0 amide bonds. The number of carbonyl (C=O) groups excluding carboxylic acids is 1. The molecule has 0 saturated heterocycles. The molecule has 2 aromatic rings. The number of methoxy groups -OCH3 is 1. The molecule has 2 aromatic heterocycles. The maximum absolute atomic E-state index is 11.4. The molecule has 2 heterocycles. The van der Waals surface area contributed by atoms with Crippen LogP contribution in [0.1, 0.15) is 10.5 Å². The average Bonchev–Trinajstić information content (AvgIpc) is 2.65. The fraction of sp³-hybridized carbons (Fsp3) is 0.250. The van der Waals surface area contributed by atoms with E-state index in [1.54, 1.807) is 10.6 Å². The van der Waals surface area contributed by atoms with Gasteiger partial charge in [0.1, 0.15) is 12.4 Å². The zero-order valence-corrected chi connectivity index (χ0v) is 9.32. The molecule has 0 bridgehead atoms. The Morgan fingerprint density at radius 1 is 1.71 bits per heavy atom. The van der Waals surface area contributed by atoms with Crippen molar-refractivity contribution in [1.82, 2.24) is 4.40 Å². The van der Waals surface area contributed by atoms with Gasteiger partial charge in [-0.3, -0.25) is 11.3 Å². The summed E-state index contributed by atoms with van der Waals surface area (Å²) in [6, 6.07) is 0. The molecule has 0 N–H and O–H groups in total. The molecule has 0 aromatic carbocycles. The van der Waals surface area contributed by atoms with E-state index >= 15 is 0 Å². The topological polar surface area (TPSA) is 34.6 Å². The molecule has 2 rings (SSSR count). The number of ether oxygens (including phenoxy) is 1. The van der Waals surface area contributed by atoms with Gasteiger partial charge in [0, 0.05) is 0 Å². The quantitative estimate of drug-likeness (QED) is 0.405. The van der Waals surface area contributed by atoms with Gasteiger partial charge < -0.3 is 17.4 Å². The van der Waals surface area contributed by atoms with Gasteiger partial charge in [-0.25, -0.2) is 9.36 Å². The van der Waals surface area contributed by atoms with E-state index in [0.717, 1.165) is 4.96 Å². The summed E-state index contributed by atoms with van der Waals surface area (Å²) in [5, 5.41) is 0. The van der Waals surface area contributed by atoms with Crippen LogP contribution in [0.15, 0.2) is 16.6 Å². The molecule has 14 heavy (non-hydrogen) atoms. The number of carbonyl (C=O) groups is 1. The monoisotopic (exact) mass is 228 g/mol. The predicted octanol–water partition coefficient (Wildman–Crippen LogP) is 0.518. The van der Waals surface area contributed by atoms with Crippen molar-refractivity contribution in [3.63, 3.8) is 0 Å². The maximum Gasteiger partial charge on any atom is 0.377 e. The SMILES string of the molecule is COC(=O)c1c([S-])sc2n1cc[n+]2C. The van der Waals surface area contributed by atoms with E-state index < -0.39 is 5.97 Å². The lowest BCUT2D eigenvalue weighted by atomic mass is 10.5. The number of nitrogens with zero attached hydrogens (tertiary/aromatic N) is 2. The van der Waals surface area contributed by atoms with Crippen LogP contribution >= 0.6 is 11.3 Å². The Hall–Kier alpha value is -1.14. The third-order valence-corrected chi connectivity index (χ3v) is 3.43. The van der Waals surface area contributed by atoms with E-state index in [2.05, 4.69) is 4.74 Å². The third kappa shape index (κ3) is 1.18. The lowest BCUT2D eigenvalue weighted by Gasteiger charge is -1.97. The average molecular weight is 228 g/mol. The summed E-state index contributed by atoms with van der Waals surface area (Å²) in [7, 11) is 3.26. The fourth-order valence-electron chi connectivity index (χ4n) is 1.26. The van der Waals surface area contributed by atoms with Gasteiger partial charge in [-0.2, -0.15) is 4.40 Å². The zero-order chi connectivity index (χ0) is 10.3. The number of hydrogen-bond donors (Lipinski definition) is 0. The standard InChI is InChI=1S/C8H8N2O2S2/c1-9-3-4-10-5(6(11)12-2)7(13)14-8(9)10/h3-4H,1-2H3. The number of thiazole rings is 1. The number of esters is 1. The van der Waals surface area contributed by atoms with Gasteiger partial charge in [0.25, 0.3) is 4.96 Å². The van der Waals surface area contributed by atoms with Crippen molar-refractivity contribution in [2.75, 3.05) is 7.11 Å². The van der Waals surface area contributed by atoms with Crippen LogP contribution in [0.4, 0.5) is 0 Å². The normalized spacial score (nSPS) is 10.7. The molecule has 0 saturated carbocycles. The Balaban J connectivity index is 2.74. The van der Waals surface area contributed by atoms with E-state index in [1.807, 2.05) is 17.8 Å². The molecular formula is C8H8N2O2S2. The van der Waals surface area contributed by atoms with E-state index in [0.29, 0.717) is 9.90 Å². The highest BCUT2D eigenvalue weighted by atomic mass is 32.2. The fourth-order valence-corrected chi connectivity index (χ4v) is 2.57. The number of aromatic nitrogens is 2. The summed E-state index contributed by atoms with van der Waals surface area (Å²) in [6.07, 6.45) is 3.67. The first-order valence-electron chi connectivity index (χ1n) is 3.90. The first-order chi connectivity index (χ1) is 6.65. The van der Waals surface area contributed by atoms with Gasteiger partial charge >= 0.3 is 5.97 Å². The van der Waals surface area contributed by atoms with Gasteiger partial charge in [0.15, 0.2) is 0 Å². The Labute approximate surface area is 90.1 Å². The number of imidazole rings is 1. The van der Waals surface area contributed by atoms with Crippen molar-refractivity contribution in [3.8, 4) is 0 Å². The third-order valence-electron chi connectivity index (χ3n) is 1.94. The molecular weight excluding hydrogens is 220 g/mol. The largest absolute Gasteiger partial charge is 0.463 e. The molecule has 0 spiro atoms. The van der Waals surface area contributed by atoms with Crippen molar-refractivity contribution in [3.05, 3.63) is 18.1 Å². The predicted molar refractivity (Wildman–Crippen MR) is 53.4 cm³/mol. The summed E-state index contributed by atoms with van der Waals surface area (Å²) >= 11 is 6.49. The van der Waals surface area contributed by atoms with Gasteiger partial charge in [-0.05, 0) is 0 Å². The number of aryl methyl sites for hydroxylation is 1. The van der Waals surface area contributed by atoms with Crippen LogP contribution in [0.25, 0.3) is 4.96 Å². The van der Waals surface area contributed by atoms with Crippen LogP contribution in [-0.2, 0) is 24.4 Å². The van der Waals surface area contributed by atoms with Crippen LogP contribution in [0.5, 0.6) is 0 Å². The summed E-state index contributed by atoms with van der Waals surface area (Å²) in [4.78, 5) is 12.3. The first kappa shape index (κ1) is 9.42. The van der Waals surface area contributed by atoms with Crippen molar-refractivity contribution in [2.24, 2.45) is 7.05 Å². The van der Waals surface area contributed by atoms with Gasteiger partial charge in [-0.15, -0.1) is 0 Å². The number of rotatable bonds is 1. The second-order valence-electron chi connectivity index (χ2n) is 2.79. The van der Waals surface area contributed by atoms with Crippen LogP contribution in [0.3, 0.4) is 0 Å². The zero-order valence-electron chi connectivity index (χ0n) is 7.68. The highest BCUT2D eigenvalue weighted by Gasteiger charge is 2.19. The molecule has 0 fully saturated rings. The minimum Gasteiger partial charge on any atom is -0.463 e. The molecule has 0 aliphatic heterocycles. The summed E-state index contributed by atoms with van der Waals surface area (Å²) < 4.78 is 8.88. The molecule has 6 heteroatoms. The first-order valence-corrected chi connectivity index (χ1v) is 5.12. The van der Waals surface area contributed by atoms with Gasteiger partial charge in [0.05, 0.1) is 14.2 Å². The Kier molecular flexibility index (Phi) is 2.16.